The lowest BCUT2D eigenvalue weighted by atomic mass is 10.0. The Kier molecular flexibility index (Phi) is 3.62. The van der Waals surface area contributed by atoms with Crippen LogP contribution in [0, 0.1) is 0 Å². The van der Waals surface area contributed by atoms with Crippen LogP contribution >= 0.6 is 0 Å². The summed E-state index contributed by atoms with van der Waals surface area (Å²) in [4.78, 5) is 10.7. The zero-order valence-corrected chi connectivity index (χ0v) is 8.78. The highest BCUT2D eigenvalue weighted by Crippen LogP contribution is 2.33. The summed E-state index contributed by atoms with van der Waals surface area (Å²) in [6.45, 7) is 0. The lowest BCUT2D eigenvalue weighted by molar-refractivity contribution is -0.149. The molecule has 17 heavy (non-hydrogen) atoms. The summed E-state index contributed by atoms with van der Waals surface area (Å²) in [5.41, 5.74) is 4.53. The number of hydrogen-bond donors (Lipinski definition) is 2. The Morgan fingerprint density at radius 2 is 2.06 bits per heavy atom. The molecule has 0 saturated heterocycles. The fourth-order valence-corrected chi connectivity index (χ4v) is 1.27. The molecule has 7 heteroatoms. The van der Waals surface area contributed by atoms with Crippen LogP contribution in [0.1, 0.15) is 22.0 Å². The van der Waals surface area contributed by atoms with Gasteiger partial charge in [-0.25, -0.2) is 4.79 Å². The normalized spacial score (nSPS) is 13.2. The van der Waals surface area contributed by atoms with Crippen LogP contribution in [0.3, 0.4) is 0 Å². The van der Waals surface area contributed by atoms with Gasteiger partial charge in [0.2, 0.25) is 0 Å². The maximum absolute atomic E-state index is 12.3. The lowest BCUT2D eigenvalue weighted by Gasteiger charge is -2.17. The van der Waals surface area contributed by atoms with Gasteiger partial charge in [-0.3, -0.25) is 0 Å². The van der Waals surface area contributed by atoms with Crippen LogP contribution in [-0.4, -0.2) is 24.4 Å². The monoisotopic (exact) mass is 249 g/mol. The van der Waals surface area contributed by atoms with Crippen molar-refractivity contribution in [3.8, 4) is 5.75 Å². The fourth-order valence-electron chi connectivity index (χ4n) is 1.27. The Hall–Kier alpha value is -1.76. The third-order valence-electron chi connectivity index (χ3n) is 2.17. The number of nitrogens with two attached hydrogens (primary N) is 1. The molecular weight excluding hydrogens is 239 g/mol. The predicted molar refractivity (Wildman–Crippen MR) is 52.9 cm³/mol. The van der Waals surface area contributed by atoms with E-state index in [4.69, 9.17) is 15.6 Å². The summed E-state index contributed by atoms with van der Waals surface area (Å²) in [6.07, 6.45) is -4.59. The van der Waals surface area contributed by atoms with E-state index in [-0.39, 0.29) is 16.9 Å². The van der Waals surface area contributed by atoms with Crippen molar-refractivity contribution in [1.29, 1.82) is 0 Å². The molecule has 1 aromatic carbocycles. The largest absolute Gasteiger partial charge is 0.496 e. The maximum Gasteiger partial charge on any atom is 0.407 e. The van der Waals surface area contributed by atoms with Crippen LogP contribution in [0.25, 0.3) is 0 Å². The van der Waals surface area contributed by atoms with Crippen molar-refractivity contribution >= 4 is 5.97 Å². The second kappa shape index (κ2) is 4.62. The molecule has 0 heterocycles. The summed E-state index contributed by atoms with van der Waals surface area (Å²) in [7, 11) is 1.17. The molecular formula is C10H10F3NO3. The molecule has 0 spiro atoms. The van der Waals surface area contributed by atoms with Gasteiger partial charge in [0.05, 0.1) is 7.11 Å². The first-order valence-electron chi connectivity index (χ1n) is 4.51. The van der Waals surface area contributed by atoms with Gasteiger partial charge >= 0.3 is 12.1 Å². The third-order valence-corrected chi connectivity index (χ3v) is 2.17. The van der Waals surface area contributed by atoms with E-state index in [1.54, 1.807) is 0 Å². The highest BCUT2D eigenvalue weighted by atomic mass is 19.4. The first-order chi connectivity index (χ1) is 7.77. The molecule has 0 bridgehead atoms. The van der Waals surface area contributed by atoms with Crippen molar-refractivity contribution in [2.24, 2.45) is 5.73 Å². The van der Waals surface area contributed by atoms with Crippen LogP contribution in [-0.2, 0) is 0 Å². The van der Waals surface area contributed by atoms with Gasteiger partial charge in [0.1, 0.15) is 17.4 Å². The number of ether oxygens (including phenoxy) is 1. The number of rotatable bonds is 3. The van der Waals surface area contributed by atoms with Gasteiger partial charge in [0.15, 0.2) is 0 Å². The number of carboxylic acids is 1. The lowest BCUT2D eigenvalue weighted by Crippen LogP contribution is -2.28. The molecule has 4 nitrogen and oxygen atoms in total. The molecule has 0 saturated carbocycles. The number of benzene rings is 1. The highest BCUT2D eigenvalue weighted by Gasteiger charge is 2.38. The van der Waals surface area contributed by atoms with Gasteiger partial charge in [0, 0.05) is 0 Å². The van der Waals surface area contributed by atoms with Gasteiger partial charge in [-0.2, -0.15) is 13.2 Å². The summed E-state index contributed by atoms with van der Waals surface area (Å²) in [5.74, 6) is -1.44. The molecule has 94 valence electrons. The zero-order chi connectivity index (χ0) is 13.2. The molecule has 1 aromatic rings. The van der Waals surface area contributed by atoms with E-state index < -0.39 is 18.2 Å². The first-order valence-corrected chi connectivity index (χ1v) is 4.51. The first kappa shape index (κ1) is 13.3. The van der Waals surface area contributed by atoms with Crippen molar-refractivity contribution < 1.29 is 27.8 Å². The average Bonchev–Trinajstić information content (AvgIpc) is 2.25. The fraction of sp³-hybridized carbons (Fsp3) is 0.300. The van der Waals surface area contributed by atoms with E-state index in [9.17, 15) is 18.0 Å². The summed E-state index contributed by atoms with van der Waals surface area (Å²) >= 11 is 0. The molecule has 1 atom stereocenters. The molecule has 0 aliphatic rings. The number of hydrogen-bond acceptors (Lipinski definition) is 3. The average molecular weight is 249 g/mol. The summed E-state index contributed by atoms with van der Waals surface area (Å²) in [5, 5.41) is 8.75. The molecule has 3 N–H and O–H groups in total. The molecule has 0 unspecified atom stereocenters. The number of carboxylic acid groups (broad SMARTS) is 1. The van der Waals surface area contributed by atoms with Gasteiger partial charge in [-0.15, -0.1) is 0 Å². The minimum Gasteiger partial charge on any atom is -0.496 e. The van der Waals surface area contributed by atoms with E-state index in [1.165, 1.54) is 7.11 Å². The van der Waals surface area contributed by atoms with E-state index >= 15 is 0 Å². The van der Waals surface area contributed by atoms with Crippen LogP contribution < -0.4 is 10.5 Å². The number of alkyl halides is 3. The Morgan fingerprint density at radius 1 is 1.47 bits per heavy atom. The quantitative estimate of drug-likeness (QED) is 0.858. The van der Waals surface area contributed by atoms with E-state index in [0.717, 1.165) is 18.2 Å². The Bertz CT molecular complexity index is 431. The maximum atomic E-state index is 12.3. The minimum absolute atomic E-state index is 0.158. The van der Waals surface area contributed by atoms with E-state index in [1.807, 2.05) is 0 Å². The van der Waals surface area contributed by atoms with Crippen molar-refractivity contribution in [3.63, 3.8) is 0 Å². The molecule has 0 aliphatic heterocycles. The topological polar surface area (TPSA) is 72.5 Å². The molecule has 0 fully saturated rings. The van der Waals surface area contributed by atoms with Crippen LogP contribution in [0.5, 0.6) is 5.75 Å². The van der Waals surface area contributed by atoms with Gasteiger partial charge in [-0.05, 0) is 17.7 Å². The minimum atomic E-state index is -4.59. The second-order valence-electron chi connectivity index (χ2n) is 3.28. The predicted octanol–water partition coefficient (Wildman–Crippen LogP) is 1.96. The molecule has 1 rings (SSSR count). The molecule has 0 aromatic heterocycles. The smallest absolute Gasteiger partial charge is 0.407 e. The van der Waals surface area contributed by atoms with Gasteiger partial charge in [0.25, 0.3) is 0 Å². The van der Waals surface area contributed by atoms with E-state index in [0.29, 0.717) is 0 Å². The molecule has 0 amide bonds. The van der Waals surface area contributed by atoms with Crippen LogP contribution in [0.15, 0.2) is 18.2 Å². The van der Waals surface area contributed by atoms with Gasteiger partial charge < -0.3 is 15.6 Å². The van der Waals surface area contributed by atoms with Crippen molar-refractivity contribution in [2.75, 3.05) is 7.11 Å². The van der Waals surface area contributed by atoms with Crippen LogP contribution in [0.2, 0.25) is 0 Å². The number of methoxy groups -OCH3 is 1. The number of halogens is 3. The number of aromatic carboxylic acids is 1. The van der Waals surface area contributed by atoms with Crippen molar-refractivity contribution in [3.05, 3.63) is 29.3 Å². The molecule has 0 aliphatic carbocycles. The van der Waals surface area contributed by atoms with Crippen molar-refractivity contribution in [2.45, 2.75) is 12.2 Å². The molecule has 0 radical (unpaired) electrons. The summed E-state index contributed by atoms with van der Waals surface area (Å²) in [6, 6.07) is 0.854. The Balaban J connectivity index is 3.18. The SMILES string of the molecule is COc1cc([C@H](N)C(F)(F)F)ccc1C(=O)O. The van der Waals surface area contributed by atoms with Crippen LogP contribution in [0.4, 0.5) is 13.2 Å². The highest BCUT2D eigenvalue weighted by molar-refractivity contribution is 5.91. The Labute approximate surface area is 94.8 Å². The second-order valence-corrected chi connectivity index (χ2v) is 3.28. The van der Waals surface area contributed by atoms with Gasteiger partial charge in [-0.1, -0.05) is 6.07 Å². The standard InChI is InChI=1S/C10H10F3NO3/c1-17-7-4-5(8(14)10(11,12)13)2-3-6(7)9(15)16/h2-4,8H,14H2,1H3,(H,15,16)/t8-/m0/s1. The third kappa shape index (κ3) is 2.88. The van der Waals surface area contributed by atoms with Crippen molar-refractivity contribution in [1.82, 2.24) is 0 Å². The summed E-state index contributed by atoms with van der Waals surface area (Å²) < 4.78 is 41.7. The number of carbonyl (C=O) groups is 1. The Morgan fingerprint density at radius 3 is 2.47 bits per heavy atom. The van der Waals surface area contributed by atoms with E-state index in [2.05, 4.69) is 0 Å². The zero-order valence-electron chi connectivity index (χ0n) is 8.78.